The van der Waals surface area contributed by atoms with Crippen molar-refractivity contribution in [3.63, 3.8) is 0 Å². The molecule has 1 atom stereocenters. The average Bonchev–Trinajstić information content (AvgIpc) is 3.02. The summed E-state index contributed by atoms with van der Waals surface area (Å²) >= 11 is 12.1. The maximum atomic E-state index is 12.5. The third-order valence-corrected chi connectivity index (χ3v) is 4.73. The van der Waals surface area contributed by atoms with Crippen LogP contribution in [-0.2, 0) is 0 Å². The van der Waals surface area contributed by atoms with E-state index in [4.69, 9.17) is 32.7 Å². The second kappa shape index (κ2) is 8.12. The van der Waals surface area contributed by atoms with Crippen LogP contribution in [0.1, 0.15) is 22.0 Å². The second-order valence-corrected chi connectivity index (χ2v) is 6.94. The van der Waals surface area contributed by atoms with Gasteiger partial charge in [0, 0.05) is 24.4 Å². The number of halogens is 2. The quantitative estimate of drug-likeness (QED) is 0.813. The van der Waals surface area contributed by atoms with E-state index in [0.717, 1.165) is 12.1 Å². The lowest BCUT2D eigenvalue weighted by molar-refractivity contribution is 0.0930. The highest BCUT2D eigenvalue weighted by Gasteiger charge is 2.28. The number of rotatable bonds is 6. The second-order valence-electron chi connectivity index (χ2n) is 6.15. The molecule has 0 bridgehead atoms. The van der Waals surface area contributed by atoms with Crippen LogP contribution in [0.3, 0.4) is 0 Å². The molecule has 1 aliphatic rings. The highest BCUT2D eigenvalue weighted by Crippen LogP contribution is 2.42. The van der Waals surface area contributed by atoms with Crippen LogP contribution >= 0.6 is 23.2 Å². The molecule has 0 spiro atoms. The van der Waals surface area contributed by atoms with Gasteiger partial charge in [-0.1, -0.05) is 29.3 Å². The fraction of sp³-hybridized carbons (Fsp3) is 0.333. The Morgan fingerprint density at radius 2 is 2.15 bits per heavy atom. The minimum atomic E-state index is -0.289. The summed E-state index contributed by atoms with van der Waals surface area (Å²) in [5, 5.41) is 3.71. The Morgan fingerprint density at radius 1 is 1.35 bits per heavy atom. The zero-order valence-electron chi connectivity index (χ0n) is 14.5. The predicted octanol–water partition coefficient (Wildman–Crippen LogP) is 3.19. The molecule has 2 heterocycles. The van der Waals surface area contributed by atoms with E-state index < -0.39 is 0 Å². The molecule has 3 rings (SSSR count). The minimum Gasteiger partial charge on any atom is -0.489 e. The van der Waals surface area contributed by atoms with E-state index in [-0.39, 0.29) is 11.9 Å². The maximum absolute atomic E-state index is 12.5. The number of nitrogens with one attached hydrogen (secondary N) is 1. The van der Waals surface area contributed by atoms with Gasteiger partial charge < -0.3 is 19.7 Å². The summed E-state index contributed by atoms with van der Waals surface area (Å²) in [6.07, 6.45) is 1.49. The summed E-state index contributed by atoms with van der Waals surface area (Å²) in [6, 6.07) is 6.57. The molecule has 2 aromatic rings. The van der Waals surface area contributed by atoms with E-state index in [0.29, 0.717) is 40.5 Å². The van der Waals surface area contributed by atoms with Crippen molar-refractivity contribution in [2.45, 2.75) is 6.04 Å². The molecule has 8 heteroatoms. The number of ether oxygens (including phenoxy) is 2. The zero-order valence-corrected chi connectivity index (χ0v) is 16.0. The number of nitrogens with zero attached hydrogens (tertiary/aromatic N) is 2. The van der Waals surface area contributed by atoms with E-state index in [9.17, 15) is 4.79 Å². The number of carbonyl (C=O) groups excluding carboxylic acids is 1. The van der Waals surface area contributed by atoms with Gasteiger partial charge in [0.05, 0.1) is 16.6 Å². The Labute approximate surface area is 162 Å². The van der Waals surface area contributed by atoms with E-state index in [1.165, 1.54) is 6.20 Å². The number of amides is 1. The first-order chi connectivity index (χ1) is 12.5. The third-order valence-electron chi connectivity index (χ3n) is 3.94. The molecule has 1 aromatic heterocycles. The predicted molar refractivity (Wildman–Crippen MR) is 100 cm³/mol. The Balaban J connectivity index is 1.62. The van der Waals surface area contributed by atoms with Crippen LogP contribution in [-0.4, -0.2) is 49.6 Å². The van der Waals surface area contributed by atoms with Crippen LogP contribution < -0.4 is 14.8 Å². The first-order valence-corrected chi connectivity index (χ1v) is 8.86. The molecular weight excluding hydrogens is 377 g/mol. The largest absolute Gasteiger partial charge is 0.489 e. The average molecular weight is 396 g/mol. The molecule has 1 aromatic carbocycles. The van der Waals surface area contributed by atoms with Gasteiger partial charge in [-0.2, -0.15) is 0 Å². The number of likely N-dealkylation sites (N-methyl/N-ethyl adjacent to an activating group) is 1. The van der Waals surface area contributed by atoms with Crippen molar-refractivity contribution >= 4 is 29.1 Å². The Hall–Kier alpha value is -2.02. The molecule has 1 unspecified atom stereocenters. The summed E-state index contributed by atoms with van der Waals surface area (Å²) in [7, 11) is 3.94. The van der Waals surface area contributed by atoms with Crippen LogP contribution in [0.15, 0.2) is 30.5 Å². The standard InChI is InChI=1S/C18H19Cl2N3O3/c1-23(2)7-8-25-15-6-3-11(9-21-15)18(24)22-14-10-26-17-12(14)4-5-13(19)16(17)20/h3-6,9,14H,7-8,10H2,1-2H3,(H,22,24). The molecule has 138 valence electrons. The molecule has 1 amide bonds. The lowest BCUT2D eigenvalue weighted by Crippen LogP contribution is -2.29. The molecule has 0 aliphatic carbocycles. The van der Waals surface area contributed by atoms with Crippen molar-refractivity contribution in [3.8, 4) is 11.6 Å². The molecule has 1 N–H and O–H groups in total. The van der Waals surface area contributed by atoms with E-state index in [1.807, 2.05) is 19.0 Å². The topological polar surface area (TPSA) is 63.7 Å². The fourth-order valence-electron chi connectivity index (χ4n) is 2.52. The molecular formula is C18H19Cl2N3O3. The number of aromatic nitrogens is 1. The lowest BCUT2D eigenvalue weighted by Gasteiger charge is -2.13. The molecule has 1 aliphatic heterocycles. The summed E-state index contributed by atoms with van der Waals surface area (Å²) in [4.78, 5) is 18.7. The zero-order chi connectivity index (χ0) is 18.7. The Morgan fingerprint density at radius 3 is 2.85 bits per heavy atom. The van der Waals surface area contributed by atoms with E-state index in [2.05, 4.69) is 10.3 Å². The third kappa shape index (κ3) is 4.20. The van der Waals surface area contributed by atoms with Gasteiger partial charge in [-0.05, 0) is 26.2 Å². The lowest BCUT2D eigenvalue weighted by atomic mass is 10.1. The van der Waals surface area contributed by atoms with Crippen molar-refractivity contribution in [2.75, 3.05) is 33.9 Å². The van der Waals surface area contributed by atoms with E-state index in [1.54, 1.807) is 24.3 Å². The highest BCUT2D eigenvalue weighted by molar-refractivity contribution is 6.43. The molecule has 0 radical (unpaired) electrons. The normalized spacial score (nSPS) is 15.5. The van der Waals surface area contributed by atoms with Crippen LogP contribution in [0.4, 0.5) is 0 Å². The van der Waals surface area contributed by atoms with Gasteiger partial charge in [0.25, 0.3) is 5.91 Å². The minimum absolute atomic E-state index is 0.245. The van der Waals surface area contributed by atoms with E-state index >= 15 is 0 Å². The number of hydrogen-bond acceptors (Lipinski definition) is 5. The summed E-state index contributed by atoms with van der Waals surface area (Å²) in [5.74, 6) is 0.761. The van der Waals surface area contributed by atoms with Gasteiger partial charge in [0.15, 0.2) is 0 Å². The highest BCUT2D eigenvalue weighted by atomic mass is 35.5. The summed E-state index contributed by atoms with van der Waals surface area (Å²) in [5.41, 5.74) is 1.25. The molecule has 6 nitrogen and oxygen atoms in total. The van der Waals surface area contributed by atoms with Gasteiger partial charge >= 0.3 is 0 Å². The molecule has 0 saturated carbocycles. The number of pyridine rings is 1. The van der Waals surface area contributed by atoms with Crippen molar-refractivity contribution < 1.29 is 14.3 Å². The maximum Gasteiger partial charge on any atom is 0.253 e. The number of carbonyl (C=O) groups is 1. The Bertz CT molecular complexity index is 797. The van der Waals surface area contributed by atoms with Crippen molar-refractivity contribution in [3.05, 3.63) is 51.6 Å². The first-order valence-electron chi connectivity index (χ1n) is 8.11. The molecule has 0 fully saturated rings. The van der Waals surface area contributed by atoms with Gasteiger partial charge in [-0.25, -0.2) is 4.98 Å². The smallest absolute Gasteiger partial charge is 0.253 e. The van der Waals surface area contributed by atoms with Crippen LogP contribution in [0, 0.1) is 0 Å². The van der Waals surface area contributed by atoms with Crippen molar-refractivity contribution in [1.29, 1.82) is 0 Å². The number of benzene rings is 1. The van der Waals surface area contributed by atoms with Crippen LogP contribution in [0.2, 0.25) is 10.0 Å². The van der Waals surface area contributed by atoms with Gasteiger partial charge in [-0.15, -0.1) is 0 Å². The van der Waals surface area contributed by atoms with Crippen molar-refractivity contribution in [2.24, 2.45) is 0 Å². The van der Waals surface area contributed by atoms with Crippen molar-refractivity contribution in [1.82, 2.24) is 15.2 Å². The fourth-order valence-corrected chi connectivity index (χ4v) is 2.89. The summed E-state index contributed by atoms with van der Waals surface area (Å²) in [6.45, 7) is 1.63. The number of hydrogen-bond donors (Lipinski definition) is 1. The number of fused-ring (bicyclic) bond motifs is 1. The van der Waals surface area contributed by atoms with Gasteiger partial charge in [0.1, 0.15) is 24.0 Å². The molecule has 26 heavy (non-hydrogen) atoms. The van der Waals surface area contributed by atoms with Crippen LogP contribution in [0.5, 0.6) is 11.6 Å². The van der Waals surface area contributed by atoms with Crippen LogP contribution in [0.25, 0.3) is 0 Å². The van der Waals surface area contributed by atoms with Gasteiger partial charge in [-0.3, -0.25) is 4.79 Å². The first kappa shape index (κ1) is 18.8. The SMILES string of the molecule is CN(C)CCOc1ccc(C(=O)NC2COc3c2ccc(Cl)c3Cl)cn1. The monoisotopic (exact) mass is 395 g/mol. The summed E-state index contributed by atoms with van der Waals surface area (Å²) < 4.78 is 11.1. The Kier molecular flexibility index (Phi) is 5.86. The van der Waals surface area contributed by atoms with Gasteiger partial charge in [0.2, 0.25) is 5.88 Å². The molecule has 0 saturated heterocycles.